The predicted octanol–water partition coefficient (Wildman–Crippen LogP) is 3.50. The van der Waals surface area contributed by atoms with Crippen LogP contribution in [0, 0.1) is 0 Å². The van der Waals surface area contributed by atoms with Crippen molar-refractivity contribution in [1.29, 1.82) is 0 Å². The zero-order valence-electron chi connectivity index (χ0n) is 8.74. The Morgan fingerprint density at radius 2 is 2.00 bits per heavy atom. The van der Waals surface area contributed by atoms with Gasteiger partial charge in [0.25, 0.3) is 10.1 Å². The molecule has 0 saturated heterocycles. The highest BCUT2D eigenvalue weighted by atomic mass is 35.5. The summed E-state index contributed by atoms with van der Waals surface area (Å²) in [5, 5.41) is 0.419. The largest absolute Gasteiger partial charge is 0.298 e. The van der Waals surface area contributed by atoms with E-state index in [1.807, 2.05) is 6.92 Å². The molecule has 6 heteroatoms. The predicted molar refractivity (Wildman–Crippen MR) is 64.5 cm³/mol. The average molecular weight is 283 g/mol. The molecule has 0 aliphatic heterocycles. The summed E-state index contributed by atoms with van der Waals surface area (Å²) in [4.78, 5) is -0.0854. The molecule has 0 atom stereocenters. The first kappa shape index (κ1) is 13.8. The quantitative estimate of drug-likeness (QED) is 0.613. The number of hydrogen-bond donors (Lipinski definition) is 0. The molecule has 0 amide bonds. The molecule has 0 unspecified atom stereocenters. The molecular formula is C10H12Cl2O3S. The fourth-order valence-electron chi connectivity index (χ4n) is 1.05. The molecule has 3 nitrogen and oxygen atoms in total. The van der Waals surface area contributed by atoms with E-state index in [4.69, 9.17) is 27.4 Å². The van der Waals surface area contributed by atoms with Crippen molar-refractivity contribution in [3.05, 3.63) is 28.2 Å². The van der Waals surface area contributed by atoms with Crippen LogP contribution in [0.25, 0.3) is 0 Å². The van der Waals surface area contributed by atoms with Crippen molar-refractivity contribution >= 4 is 33.3 Å². The maximum absolute atomic E-state index is 11.7. The Morgan fingerprint density at radius 3 is 2.62 bits per heavy atom. The Balaban J connectivity index is 2.93. The lowest BCUT2D eigenvalue weighted by molar-refractivity contribution is 0.311. The molecule has 16 heavy (non-hydrogen) atoms. The third kappa shape index (κ3) is 3.63. The number of halogens is 2. The summed E-state index contributed by atoms with van der Waals surface area (Å²) >= 11 is 11.5. The molecule has 90 valence electrons. The minimum atomic E-state index is -3.80. The second-order valence-corrected chi connectivity index (χ2v) is 5.63. The molecular weight excluding hydrogens is 271 g/mol. The second-order valence-electron chi connectivity index (χ2n) is 3.20. The molecule has 0 N–H and O–H groups in total. The van der Waals surface area contributed by atoms with Crippen LogP contribution in [0.4, 0.5) is 0 Å². The van der Waals surface area contributed by atoms with Crippen LogP contribution in [0.15, 0.2) is 23.1 Å². The number of unbranched alkanes of at least 4 members (excludes halogenated alkanes) is 1. The van der Waals surface area contributed by atoms with Crippen molar-refractivity contribution in [3.63, 3.8) is 0 Å². The molecule has 1 aromatic carbocycles. The minimum absolute atomic E-state index is 0.0854. The van der Waals surface area contributed by atoms with Gasteiger partial charge >= 0.3 is 0 Å². The van der Waals surface area contributed by atoms with E-state index in [0.29, 0.717) is 11.4 Å². The van der Waals surface area contributed by atoms with Crippen molar-refractivity contribution in [2.24, 2.45) is 0 Å². The lowest BCUT2D eigenvalue weighted by Crippen LogP contribution is -2.08. The van der Waals surface area contributed by atoms with Crippen LogP contribution in [0.1, 0.15) is 19.8 Å². The van der Waals surface area contributed by atoms with Crippen molar-refractivity contribution in [2.45, 2.75) is 24.7 Å². The van der Waals surface area contributed by atoms with Gasteiger partial charge in [-0.3, -0.25) is 4.18 Å². The van der Waals surface area contributed by atoms with Gasteiger partial charge in [0.05, 0.1) is 11.6 Å². The number of hydrogen-bond acceptors (Lipinski definition) is 3. The van der Waals surface area contributed by atoms with E-state index in [1.54, 1.807) is 0 Å². The van der Waals surface area contributed by atoms with Gasteiger partial charge in [-0.15, -0.1) is 0 Å². The fourth-order valence-corrected chi connectivity index (χ4v) is 2.73. The Labute approximate surface area is 105 Å². The van der Waals surface area contributed by atoms with Gasteiger partial charge in [-0.2, -0.15) is 8.42 Å². The molecule has 0 spiro atoms. The van der Waals surface area contributed by atoms with Crippen LogP contribution in [0.2, 0.25) is 10.0 Å². The van der Waals surface area contributed by atoms with Crippen LogP contribution >= 0.6 is 23.2 Å². The van der Waals surface area contributed by atoms with Gasteiger partial charge in [-0.05, 0) is 24.6 Å². The van der Waals surface area contributed by atoms with Crippen molar-refractivity contribution in [2.75, 3.05) is 6.61 Å². The fraction of sp³-hybridized carbons (Fsp3) is 0.400. The summed E-state index contributed by atoms with van der Waals surface area (Å²) in [5.41, 5.74) is 0. The first-order chi connectivity index (χ1) is 7.47. The molecule has 0 saturated carbocycles. The molecule has 0 fully saturated rings. The molecule has 0 aliphatic carbocycles. The Kier molecular flexibility index (Phi) is 5.05. The SMILES string of the molecule is CCCCOS(=O)(=O)c1cc(Cl)ccc1Cl. The van der Waals surface area contributed by atoms with Crippen LogP contribution in [0.5, 0.6) is 0 Å². The summed E-state index contributed by atoms with van der Waals surface area (Å²) in [5.74, 6) is 0. The van der Waals surface area contributed by atoms with Crippen LogP contribution in [-0.2, 0) is 14.3 Å². The van der Waals surface area contributed by atoms with Gasteiger partial charge in [0.2, 0.25) is 0 Å². The minimum Gasteiger partial charge on any atom is -0.266 e. The third-order valence-electron chi connectivity index (χ3n) is 1.90. The van der Waals surface area contributed by atoms with Gasteiger partial charge < -0.3 is 0 Å². The van der Waals surface area contributed by atoms with Gasteiger partial charge in [0.15, 0.2) is 0 Å². The summed E-state index contributed by atoms with van der Waals surface area (Å²) in [7, 11) is -3.80. The van der Waals surface area contributed by atoms with Gasteiger partial charge in [0.1, 0.15) is 4.90 Å². The monoisotopic (exact) mass is 282 g/mol. The van der Waals surface area contributed by atoms with Crippen LogP contribution < -0.4 is 0 Å². The second kappa shape index (κ2) is 5.87. The number of rotatable bonds is 5. The molecule has 1 aromatic rings. The van der Waals surface area contributed by atoms with Crippen LogP contribution in [0.3, 0.4) is 0 Å². The first-order valence-electron chi connectivity index (χ1n) is 4.82. The summed E-state index contributed by atoms with van der Waals surface area (Å²) in [6.07, 6.45) is 1.54. The van der Waals surface area contributed by atoms with Crippen molar-refractivity contribution in [3.8, 4) is 0 Å². The molecule has 0 radical (unpaired) electrons. The standard InChI is InChI=1S/C10H12Cl2O3S/c1-2-3-6-15-16(13,14)10-7-8(11)4-5-9(10)12/h4-5,7H,2-3,6H2,1H3. The normalized spacial score (nSPS) is 11.7. The zero-order chi connectivity index (χ0) is 12.2. The third-order valence-corrected chi connectivity index (χ3v) is 3.93. The lowest BCUT2D eigenvalue weighted by Gasteiger charge is -2.06. The van der Waals surface area contributed by atoms with E-state index in [9.17, 15) is 8.42 Å². The molecule has 0 aromatic heterocycles. The zero-order valence-corrected chi connectivity index (χ0v) is 11.1. The molecule has 1 rings (SSSR count). The Bertz CT molecular complexity index is 457. The van der Waals surface area contributed by atoms with Crippen molar-refractivity contribution in [1.82, 2.24) is 0 Å². The van der Waals surface area contributed by atoms with E-state index in [-0.39, 0.29) is 16.5 Å². The topological polar surface area (TPSA) is 43.4 Å². The van der Waals surface area contributed by atoms with E-state index in [1.165, 1.54) is 18.2 Å². The van der Waals surface area contributed by atoms with Gasteiger partial charge in [-0.1, -0.05) is 36.5 Å². The van der Waals surface area contributed by atoms with E-state index in [0.717, 1.165) is 6.42 Å². The Morgan fingerprint density at radius 1 is 1.31 bits per heavy atom. The summed E-state index contributed by atoms with van der Waals surface area (Å²) in [6.45, 7) is 2.10. The average Bonchev–Trinajstić information content (AvgIpc) is 2.22. The van der Waals surface area contributed by atoms with Crippen molar-refractivity contribution < 1.29 is 12.6 Å². The van der Waals surface area contributed by atoms with E-state index in [2.05, 4.69) is 0 Å². The lowest BCUT2D eigenvalue weighted by atomic mass is 10.4. The summed E-state index contributed by atoms with van der Waals surface area (Å²) < 4.78 is 28.3. The van der Waals surface area contributed by atoms with E-state index < -0.39 is 10.1 Å². The smallest absolute Gasteiger partial charge is 0.266 e. The van der Waals surface area contributed by atoms with E-state index >= 15 is 0 Å². The highest BCUT2D eigenvalue weighted by Gasteiger charge is 2.19. The first-order valence-corrected chi connectivity index (χ1v) is 6.98. The number of benzene rings is 1. The maximum Gasteiger partial charge on any atom is 0.298 e. The molecule has 0 heterocycles. The highest BCUT2D eigenvalue weighted by molar-refractivity contribution is 7.86. The summed E-state index contributed by atoms with van der Waals surface area (Å²) in [6, 6.07) is 4.24. The van der Waals surface area contributed by atoms with Gasteiger partial charge in [-0.25, -0.2) is 0 Å². The molecule has 0 aliphatic rings. The van der Waals surface area contributed by atoms with Gasteiger partial charge in [0, 0.05) is 5.02 Å². The maximum atomic E-state index is 11.7. The van der Waals surface area contributed by atoms with Crippen LogP contribution in [-0.4, -0.2) is 15.0 Å². The Hall–Kier alpha value is -0.290. The highest BCUT2D eigenvalue weighted by Crippen LogP contribution is 2.26. The molecule has 0 bridgehead atoms.